The van der Waals surface area contributed by atoms with Crippen LogP contribution in [0.2, 0.25) is 0 Å². The molecule has 1 N–H and O–H groups in total. The summed E-state index contributed by atoms with van der Waals surface area (Å²) >= 11 is 0. The molecule has 4 rings (SSSR count). The molecule has 1 aliphatic rings. The first kappa shape index (κ1) is 18.0. The Labute approximate surface area is 155 Å². The smallest absolute Gasteiger partial charge is 0.258 e. The number of carbonyl (C=O) groups is 1. The molecule has 2 aromatic carbocycles. The van der Waals surface area contributed by atoms with Crippen molar-refractivity contribution in [1.82, 2.24) is 4.90 Å². The van der Waals surface area contributed by atoms with Gasteiger partial charge >= 0.3 is 0 Å². The van der Waals surface area contributed by atoms with Gasteiger partial charge in [-0.25, -0.2) is 22.0 Å². The van der Waals surface area contributed by atoms with Gasteiger partial charge in [0, 0.05) is 5.69 Å². The number of anilines is 1. The van der Waals surface area contributed by atoms with Gasteiger partial charge in [0.15, 0.2) is 23.3 Å². The van der Waals surface area contributed by atoms with Crippen molar-refractivity contribution in [2.45, 2.75) is 12.7 Å². The van der Waals surface area contributed by atoms with E-state index in [1.165, 1.54) is 24.5 Å². The molecule has 1 atom stereocenters. The third kappa shape index (κ3) is 2.70. The fourth-order valence-electron chi connectivity index (χ4n) is 3.12. The summed E-state index contributed by atoms with van der Waals surface area (Å²) in [6, 6.07) is 9.16. The summed E-state index contributed by atoms with van der Waals surface area (Å²) in [4.78, 5) is 13.9. The first-order chi connectivity index (χ1) is 13.4. The van der Waals surface area contributed by atoms with Crippen molar-refractivity contribution in [1.29, 1.82) is 0 Å². The monoisotopic (exact) mass is 394 g/mol. The van der Waals surface area contributed by atoms with Gasteiger partial charge in [-0.2, -0.15) is 0 Å². The van der Waals surface area contributed by atoms with Gasteiger partial charge in [0.1, 0.15) is 11.9 Å². The number of nitrogens with one attached hydrogen (secondary N) is 1. The summed E-state index contributed by atoms with van der Waals surface area (Å²) < 4.78 is 74.9. The predicted molar refractivity (Wildman–Crippen MR) is 87.6 cm³/mol. The number of nitrogens with zero attached hydrogens (tertiary/aromatic N) is 1. The van der Waals surface area contributed by atoms with Gasteiger partial charge in [-0.15, -0.1) is 0 Å². The quantitative estimate of drug-likeness (QED) is 0.397. The molecule has 9 heteroatoms. The van der Waals surface area contributed by atoms with Crippen LogP contribution in [0.25, 0.3) is 0 Å². The standard InChI is InChI=1S/C19H11F5N2O2/c20-13-12(14(21)16(23)17(24)15(13)22)18-25-11-6-2-1-5-10(11)19(27)26(18)8-9-4-3-7-28-9/h1-7,18,25H,8H2/t18-/m1/s1. The Kier molecular flexibility index (Phi) is 4.29. The molecule has 1 aliphatic heterocycles. The average Bonchev–Trinajstić information content (AvgIpc) is 3.21. The fourth-order valence-corrected chi connectivity index (χ4v) is 3.12. The van der Waals surface area contributed by atoms with E-state index < -0.39 is 46.7 Å². The van der Waals surface area contributed by atoms with Crippen LogP contribution in [0.5, 0.6) is 0 Å². The zero-order valence-corrected chi connectivity index (χ0v) is 14.0. The number of hydrogen-bond acceptors (Lipinski definition) is 3. The maximum Gasteiger partial charge on any atom is 0.258 e. The third-order valence-corrected chi connectivity index (χ3v) is 4.45. The van der Waals surface area contributed by atoms with Crippen LogP contribution in [0.4, 0.5) is 27.6 Å². The highest BCUT2D eigenvalue weighted by molar-refractivity contribution is 6.01. The first-order valence-corrected chi connectivity index (χ1v) is 8.10. The molecular formula is C19H11F5N2O2. The normalized spacial score (nSPS) is 16.1. The van der Waals surface area contributed by atoms with E-state index in [0.29, 0.717) is 0 Å². The Morgan fingerprint density at radius 1 is 0.893 bits per heavy atom. The molecule has 0 unspecified atom stereocenters. The van der Waals surface area contributed by atoms with Gasteiger partial charge < -0.3 is 14.6 Å². The molecule has 28 heavy (non-hydrogen) atoms. The zero-order valence-electron chi connectivity index (χ0n) is 14.0. The molecule has 4 nitrogen and oxygen atoms in total. The molecule has 0 fully saturated rings. The number of amides is 1. The van der Waals surface area contributed by atoms with Crippen molar-refractivity contribution in [3.05, 3.63) is 88.6 Å². The average molecular weight is 394 g/mol. The number of halogens is 5. The molecule has 0 bridgehead atoms. The Morgan fingerprint density at radius 2 is 1.54 bits per heavy atom. The minimum atomic E-state index is -2.26. The van der Waals surface area contributed by atoms with Crippen LogP contribution in [0.1, 0.15) is 27.8 Å². The fraction of sp³-hybridized carbons (Fsp3) is 0.105. The van der Waals surface area contributed by atoms with Crippen molar-refractivity contribution < 1.29 is 31.2 Å². The van der Waals surface area contributed by atoms with E-state index in [1.807, 2.05) is 0 Å². The number of furan rings is 1. The first-order valence-electron chi connectivity index (χ1n) is 8.10. The lowest BCUT2D eigenvalue weighted by molar-refractivity contribution is 0.0642. The molecule has 0 spiro atoms. The van der Waals surface area contributed by atoms with Crippen molar-refractivity contribution in [3.8, 4) is 0 Å². The molecule has 0 radical (unpaired) electrons. The molecule has 144 valence electrons. The molecule has 2 heterocycles. The van der Waals surface area contributed by atoms with Gasteiger partial charge in [0.25, 0.3) is 5.91 Å². The minimum Gasteiger partial charge on any atom is -0.467 e. The highest BCUT2D eigenvalue weighted by Crippen LogP contribution is 2.38. The SMILES string of the molecule is O=C1c2ccccc2N[C@@H](c2c(F)c(F)c(F)c(F)c2F)N1Cc1ccco1. The number of fused-ring (bicyclic) bond motifs is 1. The number of para-hydroxylation sites is 1. The summed E-state index contributed by atoms with van der Waals surface area (Å²) in [6.45, 7) is -0.253. The molecule has 0 saturated heterocycles. The largest absolute Gasteiger partial charge is 0.467 e. The van der Waals surface area contributed by atoms with E-state index in [4.69, 9.17) is 4.42 Å². The third-order valence-electron chi connectivity index (χ3n) is 4.45. The van der Waals surface area contributed by atoms with Gasteiger partial charge in [0.2, 0.25) is 5.82 Å². The van der Waals surface area contributed by atoms with Crippen LogP contribution in [0.15, 0.2) is 47.1 Å². The van der Waals surface area contributed by atoms with E-state index in [0.717, 1.165) is 4.90 Å². The highest BCUT2D eigenvalue weighted by Gasteiger charge is 2.39. The number of rotatable bonds is 3. The van der Waals surface area contributed by atoms with Crippen LogP contribution in [0, 0.1) is 29.1 Å². The maximum atomic E-state index is 14.4. The maximum absolute atomic E-state index is 14.4. The Hall–Kier alpha value is -3.36. The molecule has 1 aromatic heterocycles. The minimum absolute atomic E-state index is 0.189. The second-order valence-corrected chi connectivity index (χ2v) is 6.09. The summed E-state index contributed by atoms with van der Waals surface area (Å²) in [6.07, 6.45) is -0.310. The van der Waals surface area contributed by atoms with Crippen LogP contribution in [-0.4, -0.2) is 10.8 Å². The Morgan fingerprint density at radius 3 is 2.18 bits per heavy atom. The van der Waals surface area contributed by atoms with Crippen LogP contribution in [0.3, 0.4) is 0 Å². The Balaban J connectivity index is 1.90. The molecule has 0 aliphatic carbocycles. The van der Waals surface area contributed by atoms with E-state index in [1.54, 1.807) is 18.2 Å². The number of benzene rings is 2. The zero-order chi connectivity index (χ0) is 20.0. The topological polar surface area (TPSA) is 45.5 Å². The van der Waals surface area contributed by atoms with Crippen molar-refractivity contribution in [2.75, 3.05) is 5.32 Å². The summed E-state index contributed by atoms with van der Waals surface area (Å²) in [5.41, 5.74) is -0.753. The van der Waals surface area contributed by atoms with Gasteiger partial charge in [0.05, 0.1) is 23.9 Å². The van der Waals surface area contributed by atoms with Crippen molar-refractivity contribution in [3.63, 3.8) is 0 Å². The van der Waals surface area contributed by atoms with Crippen molar-refractivity contribution >= 4 is 11.6 Å². The van der Waals surface area contributed by atoms with E-state index in [9.17, 15) is 26.7 Å². The molecule has 1 amide bonds. The highest BCUT2D eigenvalue weighted by atomic mass is 19.2. The van der Waals surface area contributed by atoms with Crippen molar-refractivity contribution in [2.24, 2.45) is 0 Å². The predicted octanol–water partition coefficient (Wildman–Crippen LogP) is 4.74. The molecular weight excluding hydrogens is 383 g/mol. The second kappa shape index (κ2) is 6.66. The lowest BCUT2D eigenvalue weighted by atomic mass is 10.0. The van der Waals surface area contributed by atoms with E-state index in [2.05, 4.69) is 5.32 Å². The van der Waals surface area contributed by atoms with E-state index in [-0.39, 0.29) is 23.6 Å². The second-order valence-electron chi connectivity index (χ2n) is 6.09. The summed E-state index contributed by atoms with van der Waals surface area (Å²) in [5.74, 6) is -10.8. The molecule has 0 saturated carbocycles. The summed E-state index contributed by atoms with van der Waals surface area (Å²) in [5, 5.41) is 2.69. The van der Waals surface area contributed by atoms with Crippen LogP contribution in [-0.2, 0) is 6.54 Å². The number of carbonyl (C=O) groups excluding carboxylic acids is 1. The van der Waals surface area contributed by atoms with Gasteiger partial charge in [-0.3, -0.25) is 4.79 Å². The summed E-state index contributed by atoms with van der Waals surface area (Å²) in [7, 11) is 0. The number of hydrogen-bond donors (Lipinski definition) is 1. The van der Waals surface area contributed by atoms with Crippen LogP contribution < -0.4 is 5.32 Å². The van der Waals surface area contributed by atoms with Crippen LogP contribution >= 0.6 is 0 Å². The lowest BCUT2D eigenvalue weighted by Crippen LogP contribution is -2.43. The molecule has 3 aromatic rings. The van der Waals surface area contributed by atoms with Gasteiger partial charge in [-0.05, 0) is 24.3 Å². The Bertz CT molecular complexity index is 1040. The van der Waals surface area contributed by atoms with Gasteiger partial charge in [-0.1, -0.05) is 12.1 Å². The van der Waals surface area contributed by atoms with E-state index >= 15 is 0 Å². The lowest BCUT2D eigenvalue weighted by Gasteiger charge is -2.38.